The van der Waals surface area contributed by atoms with E-state index in [0.717, 1.165) is 11.3 Å². The third-order valence-electron chi connectivity index (χ3n) is 3.23. The normalized spacial score (nSPS) is 10.7. The lowest BCUT2D eigenvalue weighted by Crippen LogP contribution is -2.06. The Hall–Kier alpha value is -3.41. The van der Waals surface area contributed by atoms with Gasteiger partial charge in [0.05, 0.1) is 12.8 Å². The summed E-state index contributed by atoms with van der Waals surface area (Å²) in [5.74, 6) is 0.717. The smallest absolute Gasteiger partial charge is 0.250 e. The molecule has 0 fully saturated rings. The molecule has 2 aromatic heterocycles. The summed E-state index contributed by atoms with van der Waals surface area (Å²) in [6.07, 6.45) is 4.79. The van der Waals surface area contributed by atoms with Gasteiger partial charge in [0.15, 0.2) is 0 Å². The summed E-state index contributed by atoms with van der Waals surface area (Å²) in [5, 5.41) is 6.50. The number of anilines is 1. The lowest BCUT2D eigenvalue weighted by atomic mass is 10.2. The van der Waals surface area contributed by atoms with Crippen LogP contribution in [0.1, 0.15) is 5.56 Å². The highest BCUT2D eigenvalue weighted by Gasteiger charge is 2.08. The van der Waals surface area contributed by atoms with E-state index in [0.29, 0.717) is 11.4 Å². The fourth-order valence-corrected chi connectivity index (χ4v) is 2.02. The minimum absolute atomic E-state index is 0.264. The number of rotatable bonds is 5. The molecule has 120 valence electrons. The van der Waals surface area contributed by atoms with E-state index in [2.05, 4.69) is 15.5 Å². The zero-order chi connectivity index (χ0) is 16.8. The van der Waals surface area contributed by atoms with Crippen LogP contribution in [-0.4, -0.2) is 23.2 Å². The van der Waals surface area contributed by atoms with Crippen LogP contribution in [0.25, 0.3) is 17.5 Å². The second kappa shape index (κ2) is 7.23. The monoisotopic (exact) mass is 321 g/mol. The van der Waals surface area contributed by atoms with Gasteiger partial charge in [-0.25, -0.2) is 0 Å². The van der Waals surface area contributed by atoms with E-state index >= 15 is 0 Å². The Bertz CT molecular complexity index is 839. The summed E-state index contributed by atoms with van der Waals surface area (Å²) in [4.78, 5) is 16.1. The van der Waals surface area contributed by atoms with Crippen LogP contribution in [0.3, 0.4) is 0 Å². The summed E-state index contributed by atoms with van der Waals surface area (Å²) in [6, 6.07) is 14.5. The van der Waals surface area contributed by atoms with Crippen LogP contribution in [0.5, 0.6) is 5.75 Å². The van der Waals surface area contributed by atoms with Crippen molar-refractivity contribution in [3.8, 4) is 17.1 Å². The van der Waals surface area contributed by atoms with Gasteiger partial charge in [0.1, 0.15) is 11.4 Å². The fourth-order valence-electron chi connectivity index (χ4n) is 2.02. The second-order valence-electron chi connectivity index (χ2n) is 4.89. The number of nitrogens with zero attached hydrogens (tertiary/aromatic N) is 2. The van der Waals surface area contributed by atoms with Crippen molar-refractivity contribution in [1.82, 2.24) is 10.1 Å². The molecule has 0 saturated heterocycles. The standard InChI is InChI=1S/C18H15N3O3/c1-23-14-8-5-13(6-9-14)7-10-17(22)20-18-12-16(21-24-18)15-4-2-3-11-19-15/h2-12H,1H3,(H,20,22)/b10-7+. The quantitative estimate of drug-likeness (QED) is 0.729. The van der Waals surface area contributed by atoms with Gasteiger partial charge in [0.2, 0.25) is 5.88 Å². The number of pyridine rings is 1. The van der Waals surface area contributed by atoms with Gasteiger partial charge in [-0.3, -0.25) is 15.1 Å². The average molecular weight is 321 g/mol. The molecule has 0 aliphatic carbocycles. The Labute approximate surface area is 138 Å². The zero-order valence-corrected chi connectivity index (χ0v) is 13.0. The molecule has 6 heteroatoms. The lowest BCUT2D eigenvalue weighted by molar-refractivity contribution is -0.112. The largest absolute Gasteiger partial charge is 0.497 e. The molecule has 0 atom stereocenters. The maximum absolute atomic E-state index is 11.9. The number of hydrogen-bond donors (Lipinski definition) is 1. The van der Waals surface area contributed by atoms with Crippen molar-refractivity contribution < 1.29 is 14.1 Å². The summed E-state index contributed by atoms with van der Waals surface area (Å²) in [5.41, 5.74) is 2.12. The maximum atomic E-state index is 11.9. The van der Waals surface area contributed by atoms with Gasteiger partial charge < -0.3 is 9.26 Å². The van der Waals surface area contributed by atoms with E-state index in [4.69, 9.17) is 9.26 Å². The molecule has 0 radical (unpaired) electrons. The van der Waals surface area contributed by atoms with Crippen molar-refractivity contribution in [2.24, 2.45) is 0 Å². The van der Waals surface area contributed by atoms with E-state index < -0.39 is 0 Å². The topological polar surface area (TPSA) is 77.2 Å². The molecule has 1 amide bonds. The second-order valence-corrected chi connectivity index (χ2v) is 4.89. The van der Waals surface area contributed by atoms with E-state index in [9.17, 15) is 4.79 Å². The van der Waals surface area contributed by atoms with Crippen molar-refractivity contribution in [2.75, 3.05) is 12.4 Å². The van der Waals surface area contributed by atoms with E-state index in [1.54, 1.807) is 25.4 Å². The average Bonchev–Trinajstić information content (AvgIpc) is 3.09. The molecule has 0 spiro atoms. The third-order valence-corrected chi connectivity index (χ3v) is 3.23. The molecular weight excluding hydrogens is 306 g/mol. The highest BCUT2D eigenvalue weighted by atomic mass is 16.5. The molecule has 6 nitrogen and oxygen atoms in total. The SMILES string of the molecule is COc1ccc(/C=C/C(=O)Nc2cc(-c3ccccn3)no2)cc1. The number of methoxy groups -OCH3 is 1. The van der Waals surface area contributed by atoms with Crippen molar-refractivity contribution >= 4 is 17.9 Å². The van der Waals surface area contributed by atoms with Crippen molar-refractivity contribution in [3.63, 3.8) is 0 Å². The Kier molecular flexibility index (Phi) is 4.67. The molecule has 0 bridgehead atoms. The van der Waals surface area contributed by atoms with E-state index in [1.165, 1.54) is 6.08 Å². The van der Waals surface area contributed by atoms with Crippen LogP contribution in [0, 0.1) is 0 Å². The van der Waals surface area contributed by atoms with Crippen LogP contribution in [0.4, 0.5) is 5.88 Å². The van der Waals surface area contributed by atoms with Gasteiger partial charge in [0, 0.05) is 18.3 Å². The predicted octanol–water partition coefficient (Wildman–Crippen LogP) is 3.40. The Balaban J connectivity index is 1.62. The number of aromatic nitrogens is 2. The molecule has 0 aliphatic heterocycles. The van der Waals surface area contributed by atoms with Crippen LogP contribution in [0.15, 0.2) is 65.3 Å². The van der Waals surface area contributed by atoms with Gasteiger partial charge in [-0.05, 0) is 35.9 Å². The minimum atomic E-state index is -0.311. The van der Waals surface area contributed by atoms with Gasteiger partial charge in [0.25, 0.3) is 5.91 Å². The molecule has 1 aromatic carbocycles. The number of carbonyl (C=O) groups is 1. The molecule has 0 unspecified atom stereocenters. The summed E-state index contributed by atoms with van der Waals surface area (Å²) in [7, 11) is 1.61. The number of carbonyl (C=O) groups excluding carboxylic acids is 1. The number of amides is 1. The third kappa shape index (κ3) is 3.86. The van der Waals surface area contributed by atoms with E-state index in [-0.39, 0.29) is 11.8 Å². The molecule has 1 N–H and O–H groups in total. The van der Waals surface area contributed by atoms with Crippen LogP contribution >= 0.6 is 0 Å². The molecular formula is C18H15N3O3. The van der Waals surface area contributed by atoms with Gasteiger partial charge in [-0.1, -0.05) is 23.4 Å². The predicted molar refractivity (Wildman–Crippen MR) is 90.4 cm³/mol. The number of hydrogen-bond acceptors (Lipinski definition) is 5. The Morgan fingerprint density at radius 2 is 2.00 bits per heavy atom. The first-order valence-corrected chi connectivity index (χ1v) is 7.26. The first-order valence-electron chi connectivity index (χ1n) is 7.26. The van der Waals surface area contributed by atoms with Crippen LogP contribution < -0.4 is 10.1 Å². The highest BCUT2D eigenvalue weighted by molar-refractivity contribution is 6.01. The number of nitrogens with one attached hydrogen (secondary N) is 1. The van der Waals surface area contributed by atoms with Gasteiger partial charge >= 0.3 is 0 Å². The summed E-state index contributed by atoms with van der Waals surface area (Å²) < 4.78 is 10.2. The Morgan fingerprint density at radius 3 is 2.71 bits per heavy atom. The van der Waals surface area contributed by atoms with Gasteiger partial charge in [-0.2, -0.15) is 0 Å². The maximum Gasteiger partial charge on any atom is 0.250 e. The number of ether oxygens (including phenoxy) is 1. The molecule has 24 heavy (non-hydrogen) atoms. The Morgan fingerprint density at radius 1 is 1.17 bits per heavy atom. The molecule has 3 rings (SSSR count). The highest BCUT2D eigenvalue weighted by Crippen LogP contribution is 2.19. The summed E-state index contributed by atoms with van der Waals surface area (Å²) in [6.45, 7) is 0. The van der Waals surface area contributed by atoms with Crippen LogP contribution in [-0.2, 0) is 4.79 Å². The number of benzene rings is 1. The van der Waals surface area contributed by atoms with Crippen molar-refractivity contribution in [2.45, 2.75) is 0 Å². The van der Waals surface area contributed by atoms with Crippen molar-refractivity contribution in [1.29, 1.82) is 0 Å². The first kappa shape index (κ1) is 15.5. The van der Waals surface area contributed by atoms with Crippen LogP contribution in [0.2, 0.25) is 0 Å². The molecule has 0 aliphatic rings. The van der Waals surface area contributed by atoms with Gasteiger partial charge in [-0.15, -0.1) is 0 Å². The first-order chi connectivity index (χ1) is 11.7. The molecule has 0 saturated carbocycles. The molecule has 3 aromatic rings. The molecule has 2 heterocycles. The van der Waals surface area contributed by atoms with E-state index in [1.807, 2.05) is 42.5 Å². The zero-order valence-electron chi connectivity index (χ0n) is 13.0. The lowest BCUT2D eigenvalue weighted by Gasteiger charge is -1.99. The van der Waals surface area contributed by atoms with Crippen molar-refractivity contribution in [3.05, 3.63) is 66.4 Å². The minimum Gasteiger partial charge on any atom is -0.497 e. The fraction of sp³-hybridized carbons (Fsp3) is 0.0556. The summed E-state index contributed by atoms with van der Waals surface area (Å²) >= 11 is 0.